The van der Waals surface area contributed by atoms with Crippen LogP contribution in [-0.4, -0.2) is 18.5 Å². The lowest BCUT2D eigenvalue weighted by Crippen LogP contribution is -2.41. The van der Waals surface area contributed by atoms with Gasteiger partial charge >= 0.3 is 0 Å². The summed E-state index contributed by atoms with van der Waals surface area (Å²) in [5.74, 6) is -2.28. The van der Waals surface area contributed by atoms with Gasteiger partial charge in [0.1, 0.15) is 0 Å². The standard InChI is InChI=1S/C16H22F2N2O.ClH/c1-2-3-5-10(9-19)20-16(21)13-8-12(13)11-6-4-7-14(17)15(11)18;/h4,6-7,10,12-13H,2-3,5,8-9,19H2,1H3,(H,20,21);1H. The molecule has 1 fully saturated rings. The van der Waals surface area contributed by atoms with Crippen molar-refractivity contribution in [2.75, 3.05) is 6.54 Å². The predicted molar refractivity (Wildman–Crippen MR) is 85.0 cm³/mol. The second-order valence-electron chi connectivity index (χ2n) is 5.68. The summed E-state index contributed by atoms with van der Waals surface area (Å²) in [5.41, 5.74) is 5.95. The summed E-state index contributed by atoms with van der Waals surface area (Å²) in [6.07, 6.45) is 3.48. The maximum absolute atomic E-state index is 13.7. The molecule has 0 radical (unpaired) electrons. The average Bonchev–Trinajstić information content (AvgIpc) is 3.26. The molecule has 1 aliphatic carbocycles. The molecule has 3 nitrogen and oxygen atoms in total. The minimum absolute atomic E-state index is 0. The van der Waals surface area contributed by atoms with Crippen LogP contribution in [0.2, 0.25) is 0 Å². The van der Waals surface area contributed by atoms with E-state index in [1.54, 1.807) is 6.07 Å². The van der Waals surface area contributed by atoms with E-state index < -0.39 is 11.6 Å². The quantitative estimate of drug-likeness (QED) is 0.806. The smallest absolute Gasteiger partial charge is 0.224 e. The number of carbonyl (C=O) groups excluding carboxylic acids is 1. The summed E-state index contributed by atoms with van der Waals surface area (Å²) in [6.45, 7) is 2.48. The molecule has 6 heteroatoms. The van der Waals surface area contributed by atoms with Gasteiger partial charge in [-0.1, -0.05) is 31.9 Å². The number of unbranched alkanes of at least 4 members (excludes halogenated alkanes) is 1. The Morgan fingerprint density at radius 1 is 1.45 bits per heavy atom. The summed E-state index contributed by atoms with van der Waals surface area (Å²) >= 11 is 0. The molecule has 3 unspecified atom stereocenters. The van der Waals surface area contributed by atoms with E-state index >= 15 is 0 Å². The summed E-state index contributed by atoms with van der Waals surface area (Å²) in [7, 11) is 0. The number of hydrogen-bond acceptors (Lipinski definition) is 2. The lowest BCUT2D eigenvalue weighted by Gasteiger charge is -2.16. The van der Waals surface area contributed by atoms with E-state index in [9.17, 15) is 13.6 Å². The van der Waals surface area contributed by atoms with E-state index in [-0.39, 0.29) is 36.2 Å². The van der Waals surface area contributed by atoms with Gasteiger partial charge in [0.2, 0.25) is 5.91 Å². The number of carbonyl (C=O) groups is 1. The molecule has 1 amide bonds. The molecule has 0 heterocycles. The van der Waals surface area contributed by atoms with Crippen LogP contribution in [0.1, 0.15) is 44.1 Å². The first-order valence-electron chi connectivity index (χ1n) is 7.52. The van der Waals surface area contributed by atoms with Crippen LogP contribution >= 0.6 is 12.4 Å². The molecule has 0 aliphatic heterocycles. The Hall–Kier alpha value is -1.20. The van der Waals surface area contributed by atoms with Crippen molar-refractivity contribution in [3.63, 3.8) is 0 Å². The Morgan fingerprint density at radius 3 is 2.82 bits per heavy atom. The molecule has 124 valence electrons. The molecular weight excluding hydrogens is 310 g/mol. The van der Waals surface area contributed by atoms with Gasteiger partial charge in [-0.05, 0) is 30.4 Å². The number of hydrogen-bond donors (Lipinski definition) is 2. The van der Waals surface area contributed by atoms with E-state index in [1.807, 2.05) is 0 Å². The van der Waals surface area contributed by atoms with Gasteiger partial charge in [-0.3, -0.25) is 4.79 Å². The Labute approximate surface area is 136 Å². The molecule has 1 aromatic rings. The van der Waals surface area contributed by atoms with Gasteiger partial charge in [0, 0.05) is 18.5 Å². The molecule has 0 spiro atoms. The highest BCUT2D eigenvalue weighted by Gasteiger charge is 2.45. The van der Waals surface area contributed by atoms with E-state index in [0.717, 1.165) is 25.3 Å². The van der Waals surface area contributed by atoms with Crippen molar-refractivity contribution in [2.24, 2.45) is 11.7 Å². The van der Waals surface area contributed by atoms with Crippen LogP contribution in [0.3, 0.4) is 0 Å². The normalized spacial score (nSPS) is 20.9. The van der Waals surface area contributed by atoms with Gasteiger partial charge in [-0.15, -0.1) is 12.4 Å². The fourth-order valence-corrected chi connectivity index (χ4v) is 2.64. The van der Waals surface area contributed by atoms with Crippen LogP contribution in [0, 0.1) is 17.6 Å². The van der Waals surface area contributed by atoms with Crippen molar-refractivity contribution in [3.05, 3.63) is 35.4 Å². The van der Waals surface area contributed by atoms with Crippen LogP contribution in [0.4, 0.5) is 8.78 Å². The highest BCUT2D eigenvalue weighted by molar-refractivity contribution is 5.85. The first kappa shape index (κ1) is 18.8. The molecule has 1 aliphatic rings. The minimum Gasteiger partial charge on any atom is -0.352 e. The van der Waals surface area contributed by atoms with Gasteiger partial charge in [0.05, 0.1) is 0 Å². The monoisotopic (exact) mass is 332 g/mol. The highest BCUT2D eigenvalue weighted by atomic mass is 35.5. The summed E-state index contributed by atoms with van der Waals surface area (Å²) in [6, 6.07) is 4.08. The molecule has 0 bridgehead atoms. The van der Waals surface area contributed by atoms with Crippen LogP contribution in [0.15, 0.2) is 18.2 Å². The minimum atomic E-state index is -0.860. The zero-order chi connectivity index (χ0) is 15.4. The fraction of sp³-hybridized carbons (Fsp3) is 0.562. The van der Waals surface area contributed by atoms with Crippen molar-refractivity contribution < 1.29 is 13.6 Å². The molecule has 22 heavy (non-hydrogen) atoms. The molecule has 2 rings (SSSR count). The zero-order valence-corrected chi connectivity index (χ0v) is 13.5. The second-order valence-corrected chi connectivity index (χ2v) is 5.68. The van der Waals surface area contributed by atoms with Gasteiger partial charge in [-0.25, -0.2) is 8.78 Å². The zero-order valence-electron chi connectivity index (χ0n) is 12.6. The van der Waals surface area contributed by atoms with Crippen LogP contribution in [-0.2, 0) is 4.79 Å². The van der Waals surface area contributed by atoms with E-state index in [1.165, 1.54) is 6.07 Å². The van der Waals surface area contributed by atoms with Crippen molar-refractivity contribution in [1.82, 2.24) is 5.32 Å². The fourth-order valence-electron chi connectivity index (χ4n) is 2.64. The number of benzene rings is 1. The third kappa shape index (κ3) is 4.40. The molecular formula is C16H23ClF2N2O. The SMILES string of the molecule is CCCCC(CN)NC(=O)C1CC1c1cccc(F)c1F.Cl. The summed E-state index contributed by atoms with van der Waals surface area (Å²) in [4.78, 5) is 12.1. The van der Waals surface area contributed by atoms with Crippen molar-refractivity contribution >= 4 is 18.3 Å². The van der Waals surface area contributed by atoms with E-state index in [4.69, 9.17) is 5.73 Å². The van der Waals surface area contributed by atoms with Crippen molar-refractivity contribution in [1.29, 1.82) is 0 Å². The first-order chi connectivity index (χ1) is 10.1. The van der Waals surface area contributed by atoms with Crippen molar-refractivity contribution in [2.45, 2.75) is 44.6 Å². The maximum atomic E-state index is 13.7. The molecule has 1 saturated carbocycles. The number of nitrogens with two attached hydrogens (primary N) is 1. The summed E-state index contributed by atoms with van der Waals surface area (Å²) in [5, 5.41) is 2.92. The number of halogens is 3. The van der Waals surface area contributed by atoms with E-state index in [2.05, 4.69) is 12.2 Å². The molecule has 0 aromatic heterocycles. The predicted octanol–water partition coefficient (Wildman–Crippen LogP) is 3.12. The molecule has 1 aromatic carbocycles. The van der Waals surface area contributed by atoms with Crippen LogP contribution in [0.25, 0.3) is 0 Å². The average molecular weight is 333 g/mol. The Morgan fingerprint density at radius 2 is 2.18 bits per heavy atom. The van der Waals surface area contributed by atoms with Crippen LogP contribution < -0.4 is 11.1 Å². The highest BCUT2D eigenvalue weighted by Crippen LogP contribution is 2.48. The van der Waals surface area contributed by atoms with Crippen molar-refractivity contribution in [3.8, 4) is 0 Å². The molecule has 0 saturated heterocycles. The number of amides is 1. The maximum Gasteiger partial charge on any atom is 0.224 e. The Balaban J connectivity index is 0.00000242. The third-order valence-electron chi connectivity index (χ3n) is 4.05. The molecule has 3 N–H and O–H groups in total. The second kappa shape index (κ2) is 8.44. The largest absolute Gasteiger partial charge is 0.352 e. The Bertz CT molecular complexity index is 513. The molecule has 3 atom stereocenters. The third-order valence-corrected chi connectivity index (χ3v) is 4.05. The number of nitrogens with one attached hydrogen (secondary N) is 1. The number of rotatable bonds is 7. The van der Waals surface area contributed by atoms with Gasteiger partial charge < -0.3 is 11.1 Å². The summed E-state index contributed by atoms with van der Waals surface area (Å²) < 4.78 is 26.9. The lowest BCUT2D eigenvalue weighted by atomic mass is 10.1. The first-order valence-corrected chi connectivity index (χ1v) is 7.52. The van der Waals surface area contributed by atoms with Gasteiger partial charge in [0.25, 0.3) is 0 Å². The van der Waals surface area contributed by atoms with E-state index in [0.29, 0.717) is 18.5 Å². The lowest BCUT2D eigenvalue weighted by molar-refractivity contribution is -0.123. The topological polar surface area (TPSA) is 55.1 Å². The van der Waals surface area contributed by atoms with Crippen LogP contribution in [0.5, 0.6) is 0 Å². The Kier molecular flexibility index (Phi) is 7.23. The van der Waals surface area contributed by atoms with Gasteiger partial charge in [0.15, 0.2) is 11.6 Å². The van der Waals surface area contributed by atoms with Gasteiger partial charge in [-0.2, -0.15) is 0 Å².